The average Bonchev–Trinajstić information content (AvgIpc) is 2.11. The number of hydrogen-bond acceptors (Lipinski definition) is 3. The molecule has 0 saturated carbocycles. The van der Waals surface area contributed by atoms with E-state index < -0.39 is 0 Å². The SMILES string of the molecule is C=N.CNC[C@@H]1CCCNC1. The predicted octanol–water partition coefficient (Wildman–Crippen LogP) is 0.471. The highest BCUT2D eigenvalue weighted by Gasteiger charge is 2.10. The van der Waals surface area contributed by atoms with Crippen molar-refractivity contribution in [1.82, 2.24) is 10.6 Å². The van der Waals surface area contributed by atoms with E-state index in [9.17, 15) is 0 Å². The van der Waals surface area contributed by atoms with Crippen LogP contribution in [0, 0.1) is 11.3 Å². The van der Waals surface area contributed by atoms with E-state index in [-0.39, 0.29) is 0 Å². The average molecular weight is 157 g/mol. The van der Waals surface area contributed by atoms with Crippen molar-refractivity contribution in [2.75, 3.05) is 26.7 Å². The smallest absolute Gasteiger partial charge is 0.000837 e. The first-order valence-electron chi connectivity index (χ1n) is 4.14. The lowest BCUT2D eigenvalue weighted by Gasteiger charge is -2.21. The largest absolute Gasteiger partial charge is 0.319 e. The Balaban J connectivity index is 0.000000461. The van der Waals surface area contributed by atoms with Crippen molar-refractivity contribution in [2.45, 2.75) is 12.8 Å². The third-order valence-corrected chi connectivity index (χ3v) is 1.89. The third kappa shape index (κ3) is 4.93. The maximum atomic E-state index is 5.50. The molecule has 0 bridgehead atoms. The van der Waals surface area contributed by atoms with Crippen molar-refractivity contribution in [3.8, 4) is 0 Å². The molecule has 1 atom stereocenters. The monoisotopic (exact) mass is 157 g/mol. The van der Waals surface area contributed by atoms with Gasteiger partial charge in [-0.25, -0.2) is 0 Å². The van der Waals surface area contributed by atoms with Gasteiger partial charge in [-0.05, 0) is 52.2 Å². The standard InChI is InChI=1S/C7H16N2.CH3N/c1-8-5-7-3-2-4-9-6-7;1-2/h7-9H,2-6H2,1H3;2H,1H2/t7-;/m0./s1. The molecular weight excluding hydrogens is 138 g/mol. The van der Waals surface area contributed by atoms with E-state index in [4.69, 9.17) is 5.41 Å². The number of hydrogen-bond donors (Lipinski definition) is 3. The fraction of sp³-hybridized carbons (Fsp3) is 0.875. The zero-order valence-electron chi connectivity index (χ0n) is 7.32. The summed E-state index contributed by atoms with van der Waals surface area (Å²) in [7, 11) is 2.02. The summed E-state index contributed by atoms with van der Waals surface area (Å²) in [6.45, 7) is 6.11. The molecule has 3 heteroatoms. The van der Waals surface area contributed by atoms with Crippen LogP contribution in [0.25, 0.3) is 0 Å². The topological polar surface area (TPSA) is 47.9 Å². The third-order valence-electron chi connectivity index (χ3n) is 1.89. The molecule has 1 aliphatic heterocycles. The first-order valence-corrected chi connectivity index (χ1v) is 4.14. The summed E-state index contributed by atoms with van der Waals surface area (Å²) >= 11 is 0. The lowest BCUT2D eigenvalue weighted by molar-refractivity contribution is 0.368. The zero-order valence-corrected chi connectivity index (χ0v) is 7.32. The van der Waals surface area contributed by atoms with E-state index in [1.165, 1.54) is 32.5 Å². The van der Waals surface area contributed by atoms with Gasteiger partial charge in [0.1, 0.15) is 0 Å². The van der Waals surface area contributed by atoms with Gasteiger partial charge in [-0.1, -0.05) is 0 Å². The summed E-state index contributed by atoms with van der Waals surface area (Å²) < 4.78 is 0. The van der Waals surface area contributed by atoms with Gasteiger partial charge < -0.3 is 16.0 Å². The van der Waals surface area contributed by atoms with Gasteiger partial charge in [0.15, 0.2) is 0 Å². The molecule has 1 saturated heterocycles. The molecule has 3 N–H and O–H groups in total. The molecule has 1 aliphatic rings. The van der Waals surface area contributed by atoms with Crippen LogP contribution in [-0.2, 0) is 0 Å². The lowest BCUT2D eigenvalue weighted by atomic mass is 10.00. The van der Waals surface area contributed by atoms with Crippen molar-refractivity contribution in [3.05, 3.63) is 0 Å². The molecule has 1 fully saturated rings. The first-order chi connectivity index (χ1) is 5.43. The minimum absolute atomic E-state index is 0.878. The second-order valence-electron chi connectivity index (χ2n) is 2.77. The summed E-state index contributed by atoms with van der Waals surface area (Å²) in [6.07, 6.45) is 2.75. The van der Waals surface area contributed by atoms with Crippen LogP contribution in [-0.4, -0.2) is 33.4 Å². The predicted molar refractivity (Wildman–Crippen MR) is 49.4 cm³/mol. The van der Waals surface area contributed by atoms with E-state index in [1.54, 1.807) is 0 Å². The van der Waals surface area contributed by atoms with Crippen molar-refractivity contribution >= 4 is 6.72 Å². The molecule has 0 aromatic heterocycles. The highest BCUT2D eigenvalue weighted by Crippen LogP contribution is 2.07. The second kappa shape index (κ2) is 7.69. The molecule has 1 heterocycles. The molecule has 0 unspecified atom stereocenters. The van der Waals surface area contributed by atoms with Gasteiger partial charge in [-0.2, -0.15) is 0 Å². The first kappa shape index (κ1) is 10.6. The van der Waals surface area contributed by atoms with Crippen LogP contribution >= 0.6 is 0 Å². The Kier molecular flexibility index (Phi) is 7.41. The van der Waals surface area contributed by atoms with Crippen LogP contribution in [0.5, 0.6) is 0 Å². The highest BCUT2D eigenvalue weighted by atomic mass is 14.9. The zero-order chi connectivity index (χ0) is 8.53. The summed E-state index contributed by atoms with van der Waals surface area (Å²) in [5, 5.41) is 12.1. The van der Waals surface area contributed by atoms with Gasteiger partial charge in [0.25, 0.3) is 0 Å². The molecule has 0 aliphatic carbocycles. The Morgan fingerprint density at radius 1 is 1.64 bits per heavy atom. The Bertz CT molecular complexity index is 76.7. The van der Waals surface area contributed by atoms with Crippen LogP contribution < -0.4 is 10.6 Å². The molecular formula is C8H19N3. The number of nitrogens with one attached hydrogen (secondary N) is 3. The van der Waals surface area contributed by atoms with Crippen LogP contribution in [0.15, 0.2) is 0 Å². The highest BCUT2D eigenvalue weighted by molar-refractivity contribution is 5.15. The van der Waals surface area contributed by atoms with Gasteiger partial charge in [0.05, 0.1) is 0 Å². The quantitative estimate of drug-likeness (QED) is 0.510. The van der Waals surface area contributed by atoms with Gasteiger partial charge in [-0.3, -0.25) is 0 Å². The van der Waals surface area contributed by atoms with E-state index in [2.05, 4.69) is 17.4 Å². The van der Waals surface area contributed by atoms with Crippen molar-refractivity contribution in [1.29, 1.82) is 5.41 Å². The molecule has 0 radical (unpaired) electrons. The van der Waals surface area contributed by atoms with Crippen molar-refractivity contribution in [2.24, 2.45) is 5.92 Å². The molecule has 0 amide bonds. The summed E-state index contributed by atoms with van der Waals surface area (Å²) in [4.78, 5) is 0. The van der Waals surface area contributed by atoms with Gasteiger partial charge in [0, 0.05) is 0 Å². The molecule has 0 aromatic carbocycles. The van der Waals surface area contributed by atoms with E-state index in [0.29, 0.717) is 0 Å². The summed E-state index contributed by atoms with van der Waals surface area (Å²) in [6, 6.07) is 0. The Hall–Kier alpha value is -0.410. The van der Waals surface area contributed by atoms with Gasteiger partial charge >= 0.3 is 0 Å². The van der Waals surface area contributed by atoms with E-state index >= 15 is 0 Å². The Morgan fingerprint density at radius 3 is 2.82 bits per heavy atom. The molecule has 66 valence electrons. The molecule has 0 spiro atoms. The fourth-order valence-electron chi connectivity index (χ4n) is 1.39. The van der Waals surface area contributed by atoms with Crippen LogP contribution in [0.1, 0.15) is 12.8 Å². The lowest BCUT2D eigenvalue weighted by Crippen LogP contribution is -2.34. The number of rotatable bonds is 2. The molecule has 1 rings (SSSR count). The maximum Gasteiger partial charge on any atom is -0.000837 e. The van der Waals surface area contributed by atoms with Crippen LogP contribution in [0.4, 0.5) is 0 Å². The Labute approximate surface area is 69.1 Å². The molecule has 11 heavy (non-hydrogen) atoms. The summed E-state index contributed by atoms with van der Waals surface area (Å²) in [5.41, 5.74) is 0. The van der Waals surface area contributed by atoms with Gasteiger partial charge in [0.2, 0.25) is 0 Å². The van der Waals surface area contributed by atoms with E-state index in [1.807, 2.05) is 7.05 Å². The van der Waals surface area contributed by atoms with Crippen molar-refractivity contribution in [3.63, 3.8) is 0 Å². The van der Waals surface area contributed by atoms with Gasteiger partial charge in [-0.15, -0.1) is 0 Å². The molecule has 0 aromatic rings. The fourth-order valence-corrected chi connectivity index (χ4v) is 1.39. The second-order valence-corrected chi connectivity index (χ2v) is 2.77. The normalized spacial score (nSPS) is 23.5. The molecule has 3 nitrogen and oxygen atoms in total. The number of piperidine rings is 1. The van der Waals surface area contributed by atoms with Crippen molar-refractivity contribution < 1.29 is 0 Å². The summed E-state index contributed by atoms with van der Waals surface area (Å²) in [5.74, 6) is 0.878. The van der Waals surface area contributed by atoms with Crippen LogP contribution in [0.3, 0.4) is 0 Å². The van der Waals surface area contributed by atoms with E-state index in [0.717, 1.165) is 5.92 Å². The maximum absolute atomic E-state index is 5.50. The Morgan fingerprint density at radius 2 is 2.36 bits per heavy atom. The minimum Gasteiger partial charge on any atom is -0.319 e. The minimum atomic E-state index is 0.878. The van der Waals surface area contributed by atoms with Crippen LogP contribution in [0.2, 0.25) is 0 Å².